The van der Waals surface area contributed by atoms with Crippen LogP contribution in [0.5, 0.6) is 0 Å². The molecule has 6 heteroatoms. The zero-order chi connectivity index (χ0) is 15.5. The van der Waals surface area contributed by atoms with Crippen molar-refractivity contribution in [3.8, 4) is 11.3 Å². The third kappa shape index (κ3) is 4.41. The third-order valence-electron chi connectivity index (χ3n) is 2.95. The monoisotopic (exact) mass is 308 g/mol. The van der Waals surface area contributed by atoms with E-state index in [1.165, 1.54) is 6.26 Å². The van der Waals surface area contributed by atoms with Gasteiger partial charge in [0.15, 0.2) is 15.6 Å². The maximum absolute atomic E-state index is 11.4. The summed E-state index contributed by atoms with van der Waals surface area (Å²) in [4.78, 5) is 4.51. The van der Waals surface area contributed by atoms with Gasteiger partial charge >= 0.3 is 0 Å². The third-order valence-corrected chi connectivity index (χ3v) is 4.08. The van der Waals surface area contributed by atoms with Crippen LogP contribution in [0, 0.1) is 5.92 Å². The van der Waals surface area contributed by atoms with Crippen molar-refractivity contribution >= 4 is 9.84 Å². The van der Waals surface area contributed by atoms with Crippen LogP contribution in [0.2, 0.25) is 0 Å². The molecule has 2 rings (SSSR count). The zero-order valence-corrected chi connectivity index (χ0v) is 13.3. The second kappa shape index (κ2) is 6.41. The van der Waals surface area contributed by atoms with Crippen molar-refractivity contribution in [2.45, 2.75) is 25.3 Å². The SMILES string of the molecule is CC(C)CNCc1ncc(-c2ccc(S(C)(=O)=O)cc2)o1. The van der Waals surface area contributed by atoms with Gasteiger partial charge in [-0.25, -0.2) is 13.4 Å². The predicted octanol–water partition coefficient (Wildman–Crippen LogP) is 2.49. The Morgan fingerprint density at radius 3 is 2.48 bits per heavy atom. The van der Waals surface area contributed by atoms with Crippen LogP contribution >= 0.6 is 0 Å². The number of oxazole rings is 1. The lowest BCUT2D eigenvalue weighted by Crippen LogP contribution is -2.18. The maximum Gasteiger partial charge on any atom is 0.208 e. The van der Waals surface area contributed by atoms with Gasteiger partial charge in [0.05, 0.1) is 17.6 Å². The molecule has 0 aliphatic rings. The van der Waals surface area contributed by atoms with Crippen molar-refractivity contribution in [2.75, 3.05) is 12.8 Å². The summed E-state index contributed by atoms with van der Waals surface area (Å²) in [5.74, 6) is 1.83. The minimum Gasteiger partial charge on any atom is -0.439 e. The molecule has 0 aliphatic heterocycles. The first-order chi connectivity index (χ1) is 9.86. The van der Waals surface area contributed by atoms with E-state index in [4.69, 9.17) is 4.42 Å². The molecule has 21 heavy (non-hydrogen) atoms. The van der Waals surface area contributed by atoms with Gasteiger partial charge in [0.1, 0.15) is 0 Å². The molecule has 5 nitrogen and oxygen atoms in total. The Balaban J connectivity index is 2.07. The van der Waals surface area contributed by atoms with E-state index >= 15 is 0 Å². The molecule has 0 radical (unpaired) electrons. The van der Waals surface area contributed by atoms with Crippen LogP contribution in [0.15, 0.2) is 39.8 Å². The van der Waals surface area contributed by atoms with E-state index in [0.717, 1.165) is 12.1 Å². The molecular weight excluding hydrogens is 288 g/mol. The van der Waals surface area contributed by atoms with Gasteiger partial charge in [0.25, 0.3) is 0 Å². The van der Waals surface area contributed by atoms with Gasteiger partial charge in [-0.2, -0.15) is 0 Å². The van der Waals surface area contributed by atoms with Gasteiger partial charge in [0.2, 0.25) is 5.89 Å². The van der Waals surface area contributed by atoms with Crippen molar-refractivity contribution in [1.82, 2.24) is 10.3 Å². The number of hydrogen-bond donors (Lipinski definition) is 1. The van der Waals surface area contributed by atoms with Crippen LogP contribution in [-0.4, -0.2) is 26.2 Å². The van der Waals surface area contributed by atoms with E-state index in [1.54, 1.807) is 30.5 Å². The van der Waals surface area contributed by atoms with E-state index < -0.39 is 9.84 Å². The van der Waals surface area contributed by atoms with Gasteiger partial charge in [-0.3, -0.25) is 0 Å². The Bertz CT molecular complexity index is 688. The van der Waals surface area contributed by atoms with Gasteiger partial charge in [-0.15, -0.1) is 0 Å². The molecule has 114 valence electrons. The molecule has 0 fully saturated rings. The van der Waals surface area contributed by atoms with Crippen molar-refractivity contribution in [1.29, 1.82) is 0 Å². The zero-order valence-electron chi connectivity index (χ0n) is 12.5. The average molecular weight is 308 g/mol. The first-order valence-corrected chi connectivity index (χ1v) is 8.71. The summed E-state index contributed by atoms with van der Waals surface area (Å²) < 4.78 is 28.5. The molecule has 0 unspecified atom stereocenters. The topological polar surface area (TPSA) is 72.2 Å². The Morgan fingerprint density at radius 1 is 1.24 bits per heavy atom. The van der Waals surface area contributed by atoms with E-state index in [-0.39, 0.29) is 0 Å². The van der Waals surface area contributed by atoms with Crippen LogP contribution in [0.1, 0.15) is 19.7 Å². The van der Waals surface area contributed by atoms with Crippen molar-refractivity contribution in [3.05, 3.63) is 36.4 Å². The molecule has 0 aliphatic carbocycles. The predicted molar refractivity (Wildman–Crippen MR) is 81.6 cm³/mol. The first kappa shape index (κ1) is 15.7. The number of nitrogens with zero attached hydrogens (tertiary/aromatic N) is 1. The lowest BCUT2D eigenvalue weighted by Gasteiger charge is -2.04. The fourth-order valence-electron chi connectivity index (χ4n) is 1.86. The van der Waals surface area contributed by atoms with Crippen LogP contribution in [0.25, 0.3) is 11.3 Å². The van der Waals surface area contributed by atoms with Crippen LogP contribution in [0.3, 0.4) is 0 Å². The maximum atomic E-state index is 11.4. The van der Waals surface area contributed by atoms with Gasteiger partial charge in [0, 0.05) is 11.8 Å². The summed E-state index contributed by atoms with van der Waals surface area (Å²) in [6.45, 7) is 5.76. The van der Waals surface area contributed by atoms with Crippen LogP contribution in [-0.2, 0) is 16.4 Å². The van der Waals surface area contributed by atoms with Crippen molar-refractivity contribution in [3.63, 3.8) is 0 Å². The summed E-state index contributed by atoms with van der Waals surface area (Å²) in [5.41, 5.74) is 0.810. The minimum atomic E-state index is -3.17. The highest BCUT2D eigenvalue weighted by Crippen LogP contribution is 2.22. The Hall–Kier alpha value is -1.66. The lowest BCUT2D eigenvalue weighted by molar-refractivity contribution is 0.459. The molecule has 1 aromatic heterocycles. The smallest absolute Gasteiger partial charge is 0.208 e. The number of hydrogen-bond acceptors (Lipinski definition) is 5. The Morgan fingerprint density at radius 2 is 1.90 bits per heavy atom. The van der Waals surface area contributed by atoms with E-state index in [0.29, 0.717) is 29.0 Å². The normalized spacial score (nSPS) is 12.0. The Labute approximate surface area is 125 Å². The molecule has 0 amide bonds. The number of nitrogens with one attached hydrogen (secondary N) is 1. The largest absolute Gasteiger partial charge is 0.439 e. The summed E-state index contributed by atoms with van der Waals surface area (Å²) >= 11 is 0. The lowest BCUT2D eigenvalue weighted by atomic mass is 10.2. The molecule has 0 atom stereocenters. The fraction of sp³-hybridized carbons (Fsp3) is 0.400. The van der Waals surface area contributed by atoms with Crippen LogP contribution < -0.4 is 5.32 Å². The summed E-state index contributed by atoms with van der Waals surface area (Å²) in [6.07, 6.45) is 2.84. The second-order valence-electron chi connectivity index (χ2n) is 5.44. The molecule has 0 bridgehead atoms. The first-order valence-electron chi connectivity index (χ1n) is 6.82. The number of benzene rings is 1. The molecular formula is C15H20N2O3S. The quantitative estimate of drug-likeness (QED) is 0.887. The average Bonchev–Trinajstić information content (AvgIpc) is 2.86. The molecule has 0 spiro atoms. The van der Waals surface area contributed by atoms with Crippen LogP contribution in [0.4, 0.5) is 0 Å². The number of aromatic nitrogens is 1. The molecule has 2 aromatic rings. The molecule has 1 N–H and O–H groups in total. The van der Waals surface area contributed by atoms with E-state index in [2.05, 4.69) is 24.1 Å². The van der Waals surface area contributed by atoms with E-state index in [1.807, 2.05) is 0 Å². The Kier molecular flexibility index (Phi) is 4.80. The molecule has 1 aromatic carbocycles. The van der Waals surface area contributed by atoms with Gasteiger partial charge in [-0.1, -0.05) is 13.8 Å². The molecule has 0 saturated carbocycles. The summed E-state index contributed by atoms with van der Waals surface area (Å²) in [5, 5.41) is 3.26. The summed E-state index contributed by atoms with van der Waals surface area (Å²) in [7, 11) is -3.17. The highest BCUT2D eigenvalue weighted by atomic mass is 32.2. The van der Waals surface area contributed by atoms with E-state index in [9.17, 15) is 8.42 Å². The molecule has 1 heterocycles. The fourth-order valence-corrected chi connectivity index (χ4v) is 2.49. The highest BCUT2D eigenvalue weighted by molar-refractivity contribution is 7.90. The van der Waals surface area contributed by atoms with Gasteiger partial charge in [-0.05, 0) is 36.7 Å². The summed E-state index contributed by atoms with van der Waals surface area (Å²) in [6, 6.07) is 6.60. The van der Waals surface area contributed by atoms with Gasteiger partial charge < -0.3 is 9.73 Å². The van der Waals surface area contributed by atoms with Crippen molar-refractivity contribution < 1.29 is 12.8 Å². The number of rotatable bonds is 6. The standard InChI is InChI=1S/C15H20N2O3S/c1-11(2)8-16-10-15-17-9-14(20-15)12-4-6-13(7-5-12)21(3,18)19/h4-7,9,11,16H,8,10H2,1-3H3. The minimum absolute atomic E-state index is 0.296. The second-order valence-corrected chi connectivity index (χ2v) is 7.46. The molecule has 0 saturated heterocycles. The highest BCUT2D eigenvalue weighted by Gasteiger charge is 2.10. The number of sulfone groups is 1. The van der Waals surface area contributed by atoms with Crippen molar-refractivity contribution in [2.24, 2.45) is 5.92 Å².